The van der Waals surface area contributed by atoms with Crippen LogP contribution in [-0.2, 0) is 4.79 Å². The van der Waals surface area contributed by atoms with Crippen molar-refractivity contribution in [3.05, 3.63) is 57.6 Å². The average molecular weight is 457 g/mol. The first-order chi connectivity index (χ1) is 15.0. The first-order valence-corrected chi connectivity index (χ1v) is 10.8. The van der Waals surface area contributed by atoms with E-state index in [1.807, 2.05) is 19.1 Å². The molecule has 2 aromatic carbocycles. The third kappa shape index (κ3) is 3.82. The van der Waals surface area contributed by atoms with Crippen LogP contribution in [0.4, 0.5) is 10.8 Å². The smallest absolute Gasteiger partial charge is 0.257 e. The Bertz CT molecular complexity index is 1200. The highest BCUT2D eigenvalue weighted by Crippen LogP contribution is 2.36. The lowest BCUT2D eigenvalue weighted by atomic mass is 10.1. The molecule has 158 valence electrons. The zero-order valence-corrected chi connectivity index (χ0v) is 18.0. The highest BCUT2D eigenvalue weighted by Gasteiger charge is 2.34. The van der Waals surface area contributed by atoms with Crippen molar-refractivity contribution in [3.63, 3.8) is 0 Å². The molecule has 2 aliphatic heterocycles. The Hall–Kier alpha value is -3.17. The molecule has 1 atom stereocenters. The van der Waals surface area contributed by atoms with E-state index in [9.17, 15) is 9.59 Å². The Morgan fingerprint density at radius 3 is 2.87 bits per heavy atom. The molecule has 1 aromatic heterocycles. The summed E-state index contributed by atoms with van der Waals surface area (Å²) in [6.07, 6.45) is 0.330. The lowest BCUT2D eigenvalue weighted by Gasteiger charge is -2.17. The van der Waals surface area contributed by atoms with Gasteiger partial charge >= 0.3 is 0 Å². The van der Waals surface area contributed by atoms with Crippen molar-refractivity contribution in [1.29, 1.82) is 0 Å². The molecule has 5 rings (SSSR count). The molecule has 0 aliphatic carbocycles. The molecule has 8 nitrogen and oxygen atoms in total. The fourth-order valence-corrected chi connectivity index (χ4v) is 4.53. The standard InChI is InChI=1S/C21H17ClN4O4S/c1-11-2-4-14(8-15(11)22)26-9-13(7-18(26)27)20-24-25-21(31-20)23-19(28)12-3-5-16-17(6-12)30-10-29-16/h2-6,8,13H,7,9-10H2,1H3,(H,23,25,28). The lowest BCUT2D eigenvalue weighted by molar-refractivity contribution is -0.117. The lowest BCUT2D eigenvalue weighted by Crippen LogP contribution is -2.24. The molecular formula is C21H17ClN4O4S. The summed E-state index contributed by atoms with van der Waals surface area (Å²) >= 11 is 7.48. The maximum absolute atomic E-state index is 12.6. The Kier molecular flexibility index (Phi) is 4.99. The third-order valence-electron chi connectivity index (χ3n) is 5.24. The minimum Gasteiger partial charge on any atom is -0.454 e. The van der Waals surface area contributed by atoms with Crippen LogP contribution in [0.2, 0.25) is 5.02 Å². The van der Waals surface area contributed by atoms with Gasteiger partial charge in [0.15, 0.2) is 11.5 Å². The number of aromatic nitrogens is 2. The number of hydrogen-bond acceptors (Lipinski definition) is 7. The number of carbonyl (C=O) groups is 2. The van der Waals surface area contributed by atoms with E-state index in [0.717, 1.165) is 11.3 Å². The molecule has 31 heavy (non-hydrogen) atoms. The number of nitrogens with zero attached hydrogens (tertiary/aromatic N) is 3. The molecule has 2 amide bonds. The van der Waals surface area contributed by atoms with Gasteiger partial charge in [0.1, 0.15) is 5.01 Å². The van der Waals surface area contributed by atoms with Gasteiger partial charge in [-0.1, -0.05) is 29.0 Å². The molecular weight excluding hydrogens is 440 g/mol. The van der Waals surface area contributed by atoms with Crippen molar-refractivity contribution in [2.45, 2.75) is 19.3 Å². The van der Waals surface area contributed by atoms with Gasteiger partial charge in [0.25, 0.3) is 5.91 Å². The third-order valence-corrected chi connectivity index (χ3v) is 6.65. The molecule has 1 fully saturated rings. The minimum atomic E-state index is -0.320. The van der Waals surface area contributed by atoms with Crippen LogP contribution < -0.4 is 19.7 Å². The molecule has 1 N–H and O–H groups in total. The SMILES string of the molecule is Cc1ccc(N2CC(c3nnc(NC(=O)c4ccc5c(c4)OCO5)s3)CC2=O)cc1Cl. The summed E-state index contributed by atoms with van der Waals surface area (Å²) in [6.45, 7) is 2.55. The molecule has 2 aliphatic rings. The topological polar surface area (TPSA) is 93.7 Å². The van der Waals surface area contributed by atoms with E-state index in [1.165, 1.54) is 11.3 Å². The maximum Gasteiger partial charge on any atom is 0.257 e. The van der Waals surface area contributed by atoms with Gasteiger partial charge in [-0.3, -0.25) is 14.9 Å². The molecule has 0 saturated carbocycles. The van der Waals surface area contributed by atoms with Crippen LogP contribution in [0.1, 0.15) is 33.3 Å². The number of rotatable bonds is 4. The number of ether oxygens (including phenoxy) is 2. The van der Waals surface area contributed by atoms with Crippen molar-refractivity contribution in [3.8, 4) is 11.5 Å². The van der Waals surface area contributed by atoms with Gasteiger partial charge in [0.2, 0.25) is 17.8 Å². The number of nitrogens with one attached hydrogen (secondary N) is 1. The summed E-state index contributed by atoms with van der Waals surface area (Å²) in [5, 5.41) is 12.7. The van der Waals surface area contributed by atoms with Gasteiger partial charge < -0.3 is 14.4 Å². The monoisotopic (exact) mass is 456 g/mol. The zero-order chi connectivity index (χ0) is 21.5. The van der Waals surface area contributed by atoms with Gasteiger partial charge in [0.05, 0.1) is 0 Å². The van der Waals surface area contributed by atoms with E-state index in [1.54, 1.807) is 29.2 Å². The number of halogens is 1. The summed E-state index contributed by atoms with van der Waals surface area (Å²) in [4.78, 5) is 26.8. The van der Waals surface area contributed by atoms with E-state index in [-0.39, 0.29) is 24.5 Å². The van der Waals surface area contributed by atoms with Crippen LogP contribution >= 0.6 is 22.9 Å². The van der Waals surface area contributed by atoms with E-state index >= 15 is 0 Å². The Morgan fingerprint density at radius 1 is 1.19 bits per heavy atom. The second-order valence-corrected chi connectivity index (χ2v) is 8.72. The van der Waals surface area contributed by atoms with E-state index in [2.05, 4.69) is 15.5 Å². The molecule has 1 unspecified atom stereocenters. The number of fused-ring (bicyclic) bond motifs is 1. The number of hydrogen-bond donors (Lipinski definition) is 1. The fourth-order valence-electron chi connectivity index (χ4n) is 3.53. The maximum atomic E-state index is 12.6. The van der Waals surface area contributed by atoms with Crippen molar-refractivity contribution in [1.82, 2.24) is 10.2 Å². The Balaban J connectivity index is 1.28. The van der Waals surface area contributed by atoms with Gasteiger partial charge in [-0.15, -0.1) is 10.2 Å². The highest BCUT2D eigenvalue weighted by molar-refractivity contribution is 7.15. The van der Waals surface area contributed by atoms with E-state index in [4.69, 9.17) is 21.1 Å². The molecule has 1 saturated heterocycles. The molecule has 3 heterocycles. The van der Waals surface area contributed by atoms with E-state index in [0.29, 0.717) is 45.2 Å². The van der Waals surface area contributed by atoms with Crippen LogP contribution in [0.15, 0.2) is 36.4 Å². The van der Waals surface area contributed by atoms with E-state index < -0.39 is 0 Å². The summed E-state index contributed by atoms with van der Waals surface area (Å²) in [6, 6.07) is 10.6. The predicted octanol–water partition coefficient (Wildman–Crippen LogP) is 4.00. The van der Waals surface area contributed by atoms with Gasteiger partial charge in [-0.05, 0) is 42.8 Å². The van der Waals surface area contributed by atoms with Crippen molar-refractivity contribution in [2.75, 3.05) is 23.6 Å². The second kappa shape index (κ2) is 7.82. The van der Waals surface area contributed by atoms with Crippen LogP contribution in [0.3, 0.4) is 0 Å². The number of carbonyl (C=O) groups excluding carboxylic acids is 2. The van der Waals surface area contributed by atoms with Crippen molar-refractivity contribution < 1.29 is 19.1 Å². The van der Waals surface area contributed by atoms with Crippen molar-refractivity contribution >= 4 is 45.6 Å². The van der Waals surface area contributed by atoms with Crippen LogP contribution in [0, 0.1) is 6.92 Å². The fraction of sp³-hybridized carbons (Fsp3) is 0.238. The van der Waals surface area contributed by atoms with Crippen LogP contribution in [0.25, 0.3) is 0 Å². The summed E-state index contributed by atoms with van der Waals surface area (Å²) in [5.41, 5.74) is 2.16. The first-order valence-electron chi connectivity index (χ1n) is 9.59. The van der Waals surface area contributed by atoms with Gasteiger partial charge in [0, 0.05) is 35.2 Å². The summed E-state index contributed by atoms with van der Waals surface area (Å²) < 4.78 is 10.6. The second-order valence-electron chi connectivity index (χ2n) is 7.31. The molecule has 0 spiro atoms. The average Bonchev–Trinajstić information content (AvgIpc) is 3.49. The summed E-state index contributed by atoms with van der Waals surface area (Å²) in [7, 11) is 0. The minimum absolute atomic E-state index is 0.00562. The predicted molar refractivity (Wildman–Crippen MR) is 116 cm³/mol. The Labute approximate surface area is 186 Å². The number of benzene rings is 2. The number of aryl methyl sites for hydroxylation is 1. The van der Waals surface area contributed by atoms with Crippen LogP contribution in [0.5, 0.6) is 11.5 Å². The number of anilines is 2. The molecule has 0 bridgehead atoms. The molecule has 10 heteroatoms. The van der Waals surface area contributed by atoms with Gasteiger partial charge in [-0.25, -0.2) is 0 Å². The molecule has 3 aromatic rings. The molecule has 0 radical (unpaired) electrons. The normalized spacial score (nSPS) is 17.3. The van der Waals surface area contributed by atoms with Crippen LogP contribution in [-0.4, -0.2) is 35.3 Å². The largest absolute Gasteiger partial charge is 0.454 e. The Morgan fingerprint density at radius 2 is 2.03 bits per heavy atom. The van der Waals surface area contributed by atoms with Gasteiger partial charge in [-0.2, -0.15) is 0 Å². The number of amides is 2. The highest BCUT2D eigenvalue weighted by atomic mass is 35.5. The summed E-state index contributed by atoms with van der Waals surface area (Å²) in [5.74, 6) is 0.734. The zero-order valence-electron chi connectivity index (χ0n) is 16.4. The quantitative estimate of drug-likeness (QED) is 0.637. The van der Waals surface area contributed by atoms with Crippen molar-refractivity contribution in [2.24, 2.45) is 0 Å². The first kappa shape index (κ1) is 19.8.